The standard InChI is InChI=1S/C21H27N3O6/c1-13-17(14(2)30-24-13)11-28-16-8-6-15(7-9-16)10-19(26)29-12-18(25)22-20(27)23-21(3,4)5/h6-9H,10-12H2,1-5H3,(H2,22,23,25,27). The first-order valence-corrected chi connectivity index (χ1v) is 9.44. The van der Waals surface area contributed by atoms with Crippen molar-refractivity contribution in [2.75, 3.05) is 6.61 Å². The van der Waals surface area contributed by atoms with E-state index in [2.05, 4.69) is 15.8 Å². The first-order valence-electron chi connectivity index (χ1n) is 9.44. The van der Waals surface area contributed by atoms with Crippen molar-refractivity contribution in [3.63, 3.8) is 0 Å². The summed E-state index contributed by atoms with van der Waals surface area (Å²) in [6.45, 7) is 8.82. The number of aryl methyl sites for hydroxylation is 2. The minimum absolute atomic E-state index is 0.00832. The molecule has 0 aliphatic heterocycles. The van der Waals surface area contributed by atoms with E-state index in [1.165, 1.54) is 0 Å². The molecule has 2 N–H and O–H groups in total. The van der Waals surface area contributed by atoms with Gasteiger partial charge in [-0.2, -0.15) is 0 Å². The van der Waals surface area contributed by atoms with Crippen LogP contribution in [-0.2, 0) is 27.4 Å². The van der Waals surface area contributed by atoms with Crippen LogP contribution in [0.2, 0.25) is 0 Å². The summed E-state index contributed by atoms with van der Waals surface area (Å²) in [6.07, 6.45) is -0.00832. The van der Waals surface area contributed by atoms with Crippen LogP contribution in [0.4, 0.5) is 4.79 Å². The van der Waals surface area contributed by atoms with Crippen LogP contribution in [0, 0.1) is 13.8 Å². The van der Waals surface area contributed by atoms with Gasteiger partial charge in [-0.25, -0.2) is 4.79 Å². The topological polar surface area (TPSA) is 120 Å². The lowest BCUT2D eigenvalue weighted by atomic mass is 10.1. The third-order valence-corrected chi connectivity index (χ3v) is 3.94. The number of hydrogen-bond donors (Lipinski definition) is 2. The van der Waals surface area contributed by atoms with Crippen LogP contribution in [0.3, 0.4) is 0 Å². The Morgan fingerprint density at radius 3 is 2.33 bits per heavy atom. The summed E-state index contributed by atoms with van der Waals surface area (Å²) in [5, 5.41) is 8.56. The Labute approximate surface area is 175 Å². The zero-order chi connectivity index (χ0) is 22.3. The highest BCUT2D eigenvalue weighted by Crippen LogP contribution is 2.18. The van der Waals surface area contributed by atoms with Gasteiger partial charge in [0.2, 0.25) is 0 Å². The van der Waals surface area contributed by atoms with Crippen LogP contribution in [0.15, 0.2) is 28.8 Å². The Morgan fingerprint density at radius 2 is 1.77 bits per heavy atom. The molecular weight excluding hydrogens is 390 g/mol. The molecule has 1 heterocycles. The summed E-state index contributed by atoms with van der Waals surface area (Å²) in [5.41, 5.74) is 1.91. The highest BCUT2D eigenvalue weighted by atomic mass is 16.5. The van der Waals surface area contributed by atoms with Gasteiger partial charge in [-0.1, -0.05) is 17.3 Å². The van der Waals surface area contributed by atoms with Crippen LogP contribution >= 0.6 is 0 Å². The molecule has 2 aromatic rings. The molecule has 0 spiro atoms. The van der Waals surface area contributed by atoms with E-state index in [4.69, 9.17) is 14.0 Å². The quantitative estimate of drug-likeness (QED) is 0.664. The van der Waals surface area contributed by atoms with Crippen molar-refractivity contribution in [1.29, 1.82) is 0 Å². The number of imide groups is 1. The smallest absolute Gasteiger partial charge is 0.321 e. The molecule has 9 heteroatoms. The van der Waals surface area contributed by atoms with Crippen LogP contribution in [-0.4, -0.2) is 35.2 Å². The molecule has 0 atom stereocenters. The van der Waals surface area contributed by atoms with E-state index in [0.29, 0.717) is 23.7 Å². The molecule has 0 radical (unpaired) electrons. The first-order chi connectivity index (χ1) is 14.0. The number of nitrogens with zero attached hydrogens (tertiary/aromatic N) is 1. The van der Waals surface area contributed by atoms with Crippen LogP contribution in [0.5, 0.6) is 5.75 Å². The van der Waals surface area contributed by atoms with Crippen molar-refractivity contribution in [1.82, 2.24) is 15.8 Å². The number of carbonyl (C=O) groups is 3. The lowest BCUT2D eigenvalue weighted by Crippen LogP contribution is -2.49. The Kier molecular flexibility index (Phi) is 7.57. The highest BCUT2D eigenvalue weighted by Gasteiger charge is 2.16. The normalized spacial score (nSPS) is 11.0. The van der Waals surface area contributed by atoms with Crippen molar-refractivity contribution in [3.8, 4) is 5.75 Å². The summed E-state index contributed by atoms with van der Waals surface area (Å²) in [4.78, 5) is 35.2. The number of benzene rings is 1. The molecule has 0 unspecified atom stereocenters. The van der Waals surface area contributed by atoms with Gasteiger partial charge >= 0.3 is 12.0 Å². The summed E-state index contributed by atoms with van der Waals surface area (Å²) in [6, 6.07) is 6.31. The van der Waals surface area contributed by atoms with Crippen molar-refractivity contribution in [2.45, 2.75) is 53.2 Å². The molecule has 0 bridgehead atoms. The molecule has 3 amide bonds. The highest BCUT2D eigenvalue weighted by molar-refractivity contribution is 5.95. The Hall–Kier alpha value is -3.36. The Morgan fingerprint density at radius 1 is 1.10 bits per heavy atom. The Balaban J connectivity index is 1.75. The molecule has 0 saturated carbocycles. The number of ether oxygens (including phenoxy) is 2. The fourth-order valence-electron chi connectivity index (χ4n) is 2.47. The van der Waals surface area contributed by atoms with Gasteiger partial charge in [0.1, 0.15) is 18.1 Å². The zero-order valence-electron chi connectivity index (χ0n) is 17.8. The van der Waals surface area contributed by atoms with E-state index in [1.807, 2.05) is 13.8 Å². The van der Waals surface area contributed by atoms with Gasteiger partial charge in [-0.05, 0) is 52.3 Å². The number of esters is 1. The van der Waals surface area contributed by atoms with Gasteiger partial charge < -0.3 is 19.3 Å². The van der Waals surface area contributed by atoms with Crippen molar-refractivity contribution < 1.29 is 28.4 Å². The number of rotatable bonds is 7. The number of amides is 3. The van der Waals surface area contributed by atoms with E-state index in [0.717, 1.165) is 11.3 Å². The van der Waals surface area contributed by atoms with E-state index < -0.39 is 30.1 Å². The third kappa shape index (κ3) is 7.57. The SMILES string of the molecule is Cc1noc(C)c1COc1ccc(CC(=O)OCC(=O)NC(=O)NC(C)(C)C)cc1. The van der Waals surface area contributed by atoms with Crippen molar-refractivity contribution >= 4 is 17.9 Å². The molecular formula is C21H27N3O6. The number of hydrogen-bond acceptors (Lipinski definition) is 7. The maximum absolute atomic E-state index is 11.9. The molecule has 162 valence electrons. The second kappa shape index (κ2) is 9.91. The number of urea groups is 1. The van der Waals surface area contributed by atoms with Crippen LogP contribution < -0.4 is 15.4 Å². The second-order valence-electron chi connectivity index (χ2n) is 7.83. The lowest BCUT2D eigenvalue weighted by Gasteiger charge is -2.20. The molecule has 1 aromatic heterocycles. The number of carbonyl (C=O) groups excluding carboxylic acids is 3. The van der Waals surface area contributed by atoms with Crippen LogP contribution in [0.25, 0.3) is 0 Å². The molecule has 0 aliphatic carbocycles. The van der Waals surface area contributed by atoms with Crippen LogP contribution in [0.1, 0.15) is 43.4 Å². The predicted octanol–water partition coefficient (Wildman–Crippen LogP) is 2.58. The second-order valence-corrected chi connectivity index (χ2v) is 7.83. The van der Waals surface area contributed by atoms with Gasteiger partial charge in [0.05, 0.1) is 17.7 Å². The van der Waals surface area contributed by atoms with Gasteiger partial charge in [0, 0.05) is 5.54 Å². The summed E-state index contributed by atoms with van der Waals surface area (Å²) >= 11 is 0. The minimum Gasteiger partial charge on any atom is -0.489 e. The van der Waals surface area contributed by atoms with Crippen molar-refractivity contribution in [2.24, 2.45) is 0 Å². The monoisotopic (exact) mass is 417 g/mol. The Bertz CT molecular complexity index is 877. The van der Waals surface area contributed by atoms with E-state index in [1.54, 1.807) is 45.0 Å². The zero-order valence-corrected chi connectivity index (χ0v) is 17.8. The molecule has 30 heavy (non-hydrogen) atoms. The lowest BCUT2D eigenvalue weighted by molar-refractivity contribution is -0.147. The maximum Gasteiger partial charge on any atom is 0.321 e. The molecule has 0 fully saturated rings. The summed E-state index contributed by atoms with van der Waals surface area (Å²) in [7, 11) is 0. The molecule has 0 saturated heterocycles. The van der Waals surface area contributed by atoms with Gasteiger partial charge in [0.15, 0.2) is 6.61 Å². The van der Waals surface area contributed by atoms with Gasteiger partial charge in [-0.15, -0.1) is 0 Å². The molecule has 2 rings (SSSR count). The summed E-state index contributed by atoms with van der Waals surface area (Å²) < 4.78 is 15.7. The molecule has 1 aromatic carbocycles. The van der Waals surface area contributed by atoms with Gasteiger partial charge in [-0.3, -0.25) is 14.9 Å². The number of nitrogens with one attached hydrogen (secondary N) is 2. The molecule has 9 nitrogen and oxygen atoms in total. The average Bonchev–Trinajstić information content (AvgIpc) is 2.96. The minimum atomic E-state index is -0.701. The maximum atomic E-state index is 11.9. The average molecular weight is 417 g/mol. The fourth-order valence-corrected chi connectivity index (χ4v) is 2.47. The van der Waals surface area contributed by atoms with E-state index >= 15 is 0 Å². The van der Waals surface area contributed by atoms with Crippen molar-refractivity contribution in [3.05, 3.63) is 46.8 Å². The fraction of sp³-hybridized carbons (Fsp3) is 0.429. The largest absolute Gasteiger partial charge is 0.489 e. The van der Waals surface area contributed by atoms with E-state index in [9.17, 15) is 14.4 Å². The summed E-state index contributed by atoms with van der Waals surface area (Å²) in [5.74, 6) is 0.0714. The van der Waals surface area contributed by atoms with E-state index in [-0.39, 0.29) is 6.42 Å². The predicted molar refractivity (Wildman–Crippen MR) is 108 cm³/mol. The van der Waals surface area contributed by atoms with Gasteiger partial charge in [0.25, 0.3) is 5.91 Å². The molecule has 0 aliphatic rings. The number of aromatic nitrogens is 1. The first kappa shape index (κ1) is 22.9. The third-order valence-electron chi connectivity index (χ3n) is 3.94.